The molecule has 0 saturated heterocycles. The van der Waals surface area contributed by atoms with Crippen LogP contribution in [0.3, 0.4) is 0 Å². The van der Waals surface area contributed by atoms with Gasteiger partial charge in [0.05, 0.1) is 5.69 Å². The van der Waals surface area contributed by atoms with Gasteiger partial charge in [-0.2, -0.15) is 0 Å². The molecule has 0 spiro atoms. The van der Waals surface area contributed by atoms with E-state index in [1.165, 1.54) is 0 Å². The Morgan fingerprint density at radius 3 is 2.95 bits per heavy atom. The van der Waals surface area contributed by atoms with Crippen LogP contribution < -0.4 is 21.1 Å². The quantitative estimate of drug-likeness (QED) is 0.780. The van der Waals surface area contributed by atoms with Crippen molar-refractivity contribution in [1.29, 1.82) is 0 Å². The molecule has 0 fully saturated rings. The van der Waals surface area contributed by atoms with E-state index in [-0.39, 0.29) is 30.9 Å². The molecule has 1 atom stereocenters. The summed E-state index contributed by atoms with van der Waals surface area (Å²) < 4.78 is 5.27. The Hall–Kier alpha value is -2.08. The molecule has 1 aromatic carbocycles. The summed E-state index contributed by atoms with van der Waals surface area (Å²) in [4.78, 5) is 25.1. The lowest BCUT2D eigenvalue weighted by Gasteiger charge is -2.28. The first-order valence-corrected chi connectivity index (χ1v) is 6.12. The number of carbonyl (C=O) groups is 2. The summed E-state index contributed by atoms with van der Waals surface area (Å²) in [7, 11) is 0. The smallest absolute Gasteiger partial charge is 0.271 e. The maximum Gasteiger partial charge on any atom is 0.271 e. The van der Waals surface area contributed by atoms with Crippen molar-refractivity contribution in [2.24, 2.45) is 5.73 Å². The molecule has 19 heavy (non-hydrogen) atoms. The molecule has 102 valence electrons. The minimum absolute atomic E-state index is 0.0830. The summed E-state index contributed by atoms with van der Waals surface area (Å²) in [5, 5.41) is 0. The van der Waals surface area contributed by atoms with Crippen LogP contribution >= 0.6 is 0 Å². The molecule has 1 aliphatic rings. The minimum Gasteiger partial charge on any atom is -0.482 e. The largest absolute Gasteiger partial charge is 0.482 e. The summed E-state index contributed by atoms with van der Waals surface area (Å²) in [6, 6.07) is 4.80. The SMILES string of the molecule is CC(N)CCC(=O)N1C(=O)COc2ccc(N)cc21. The van der Waals surface area contributed by atoms with E-state index in [1.807, 2.05) is 6.92 Å². The number of amides is 2. The van der Waals surface area contributed by atoms with Gasteiger partial charge in [0.2, 0.25) is 5.91 Å². The van der Waals surface area contributed by atoms with Crippen molar-refractivity contribution in [2.75, 3.05) is 17.2 Å². The number of nitrogens with two attached hydrogens (primary N) is 2. The number of imide groups is 1. The zero-order valence-corrected chi connectivity index (χ0v) is 10.8. The molecule has 1 unspecified atom stereocenters. The molecular formula is C13H17N3O3. The van der Waals surface area contributed by atoms with Crippen molar-refractivity contribution in [3.63, 3.8) is 0 Å². The van der Waals surface area contributed by atoms with Gasteiger partial charge in [0.25, 0.3) is 5.91 Å². The van der Waals surface area contributed by atoms with Gasteiger partial charge in [-0.3, -0.25) is 9.59 Å². The number of ether oxygens (including phenoxy) is 1. The fraction of sp³-hybridized carbons (Fsp3) is 0.385. The molecule has 4 N–H and O–H groups in total. The minimum atomic E-state index is -0.382. The van der Waals surface area contributed by atoms with Crippen molar-refractivity contribution in [1.82, 2.24) is 0 Å². The first-order chi connectivity index (χ1) is 8.99. The van der Waals surface area contributed by atoms with E-state index in [0.717, 1.165) is 4.90 Å². The summed E-state index contributed by atoms with van der Waals surface area (Å²) >= 11 is 0. The number of rotatable bonds is 3. The van der Waals surface area contributed by atoms with Gasteiger partial charge in [0.1, 0.15) is 5.75 Å². The van der Waals surface area contributed by atoms with Crippen molar-refractivity contribution in [3.05, 3.63) is 18.2 Å². The summed E-state index contributed by atoms with van der Waals surface area (Å²) in [5.41, 5.74) is 12.2. The highest BCUT2D eigenvalue weighted by Gasteiger charge is 2.30. The van der Waals surface area contributed by atoms with Gasteiger partial charge in [0, 0.05) is 18.2 Å². The number of hydrogen-bond donors (Lipinski definition) is 2. The Morgan fingerprint density at radius 1 is 1.53 bits per heavy atom. The maximum absolute atomic E-state index is 12.1. The van der Waals surface area contributed by atoms with Gasteiger partial charge in [0.15, 0.2) is 6.61 Å². The predicted molar refractivity (Wildman–Crippen MR) is 71.7 cm³/mol. The molecule has 1 aromatic rings. The van der Waals surface area contributed by atoms with E-state index >= 15 is 0 Å². The average Bonchev–Trinajstić information content (AvgIpc) is 2.35. The van der Waals surface area contributed by atoms with Crippen LogP contribution in [0.25, 0.3) is 0 Å². The van der Waals surface area contributed by atoms with E-state index in [2.05, 4.69) is 0 Å². The molecule has 0 aliphatic carbocycles. The molecule has 6 nitrogen and oxygen atoms in total. The molecular weight excluding hydrogens is 246 g/mol. The van der Waals surface area contributed by atoms with E-state index in [0.29, 0.717) is 23.5 Å². The lowest BCUT2D eigenvalue weighted by atomic mass is 10.1. The maximum atomic E-state index is 12.1. The molecule has 0 radical (unpaired) electrons. The normalized spacial score (nSPS) is 15.7. The van der Waals surface area contributed by atoms with Gasteiger partial charge < -0.3 is 16.2 Å². The summed E-state index contributed by atoms with van der Waals surface area (Å²) in [6.45, 7) is 1.68. The second kappa shape index (κ2) is 5.27. The highest BCUT2D eigenvalue weighted by molar-refractivity contribution is 6.17. The van der Waals surface area contributed by atoms with E-state index in [1.54, 1.807) is 18.2 Å². The molecule has 1 heterocycles. The number of anilines is 2. The van der Waals surface area contributed by atoms with Crippen molar-refractivity contribution in [2.45, 2.75) is 25.8 Å². The van der Waals surface area contributed by atoms with Crippen LogP contribution in [0.15, 0.2) is 18.2 Å². The lowest BCUT2D eigenvalue weighted by Crippen LogP contribution is -2.43. The van der Waals surface area contributed by atoms with Crippen molar-refractivity contribution >= 4 is 23.2 Å². The third kappa shape index (κ3) is 2.85. The molecule has 2 amide bonds. The van der Waals surface area contributed by atoms with E-state index < -0.39 is 0 Å². The van der Waals surface area contributed by atoms with Crippen LogP contribution in [-0.4, -0.2) is 24.5 Å². The number of fused-ring (bicyclic) bond motifs is 1. The van der Waals surface area contributed by atoms with Gasteiger partial charge >= 0.3 is 0 Å². The third-order valence-corrected chi connectivity index (χ3v) is 2.89. The fourth-order valence-electron chi connectivity index (χ4n) is 1.91. The Bertz CT molecular complexity index is 514. The monoisotopic (exact) mass is 263 g/mol. The van der Waals surface area contributed by atoms with Crippen LogP contribution in [0.5, 0.6) is 5.75 Å². The number of hydrogen-bond acceptors (Lipinski definition) is 5. The lowest BCUT2D eigenvalue weighted by molar-refractivity contribution is -0.128. The first kappa shape index (κ1) is 13.4. The van der Waals surface area contributed by atoms with Crippen molar-refractivity contribution in [3.8, 4) is 5.75 Å². The number of nitrogens with zero attached hydrogens (tertiary/aromatic N) is 1. The van der Waals surface area contributed by atoms with E-state index in [9.17, 15) is 9.59 Å². The highest BCUT2D eigenvalue weighted by atomic mass is 16.5. The number of benzene rings is 1. The first-order valence-electron chi connectivity index (χ1n) is 6.12. The standard InChI is InChI=1S/C13H17N3O3/c1-8(14)2-5-12(17)16-10-6-9(15)3-4-11(10)19-7-13(16)18/h3-4,6,8H,2,5,7,14-15H2,1H3. The molecule has 6 heteroatoms. The number of carbonyl (C=O) groups excluding carboxylic acids is 2. The topological polar surface area (TPSA) is 98.7 Å². The molecule has 0 aromatic heterocycles. The molecule has 2 rings (SSSR count). The number of nitrogen functional groups attached to an aromatic ring is 1. The summed E-state index contributed by atoms with van der Waals surface area (Å²) in [5.74, 6) is -0.173. The van der Waals surface area contributed by atoms with Crippen LogP contribution in [-0.2, 0) is 9.59 Å². The van der Waals surface area contributed by atoms with Gasteiger partial charge in [-0.15, -0.1) is 0 Å². The fourth-order valence-corrected chi connectivity index (χ4v) is 1.91. The Balaban J connectivity index is 2.27. The zero-order chi connectivity index (χ0) is 14.0. The van der Waals surface area contributed by atoms with Crippen LogP contribution in [0.1, 0.15) is 19.8 Å². The Labute approximate surface area is 111 Å². The Morgan fingerprint density at radius 2 is 2.26 bits per heavy atom. The second-order valence-corrected chi connectivity index (χ2v) is 4.65. The van der Waals surface area contributed by atoms with Gasteiger partial charge in [-0.1, -0.05) is 0 Å². The Kier molecular flexibility index (Phi) is 3.71. The van der Waals surface area contributed by atoms with Crippen LogP contribution in [0.4, 0.5) is 11.4 Å². The highest BCUT2D eigenvalue weighted by Crippen LogP contribution is 2.34. The van der Waals surface area contributed by atoms with Crippen LogP contribution in [0.2, 0.25) is 0 Å². The second-order valence-electron chi connectivity index (χ2n) is 4.65. The molecule has 0 saturated carbocycles. The predicted octanol–water partition coefficient (Wildman–Crippen LogP) is 0.648. The molecule has 0 bridgehead atoms. The van der Waals surface area contributed by atoms with Crippen molar-refractivity contribution < 1.29 is 14.3 Å². The van der Waals surface area contributed by atoms with Gasteiger partial charge in [-0.25, -0.2) is 4.90 Å². The molecule has 1 aliphatic heterocycles. The average molecular weight is 263 g/mol. The summed E-state index contributed by atoms with van der Waals surface area (Å²) in [6.07, 6.45) is 0.749. The van der Waals surface area contributed by atoms with Crippen LogP contribution in [0, 0.1) is 0 Å². The van der Waals surface area contributed by atoms with Gasteiger partial charge in [-0.05, 0) is 31.5 Å². The zero-order valence-electron chi connectivity index (χ0n) is 10.8. The van der Waals surface area contributed by atoms with E-state index in [4.69, 9.17) is 16.2 Å². The third-order valence-electron chi connectivity index (χ3n) is 2.89.